The number of esters is 2. The molecule has 33 heavy (non-hydrogen) atoms. The van der Waals surface area contributed by atoms with Gasteiger partial charge in [0.15, 0.2) is 0 Å². The number of carbonyl (C=O) groups excluding carboxylic acids is 2. The molecule has 0 amide bonds. The third kappa shape index (κ3) is 14.7. The van der Waals surface area contributed by atoms with Crippen LogP contribution in [0.3, 0.4) is 0 Å². The quantitative estimate of drug-likeness (QED) is 0.211. The number of nitrogens with one attached hydrogen (secondary N) is 2. The number of rotatable bonds is 17. The highest BCUT2D eigenvalue weighted by Crippen LogP contribution is 2.22. The zero-order chi connectivity index (χ0) is 24.7. The maximum atomic E-state index is 12.3. The summed E-state index contributed by atoms with van der Waals surface area (Å²) in [5, 5.41) is 6.92. The summed E-state index contributed by atoms with van der Waals surface area (Å²) in [5.74, 6) is -0.121. The van der Waals surface area contributed by atoms with E-state index < -0.39 is 0 Å². The minimum absolute atomic E-state index is 0.00718. The van der Waals surface area contributed by atoms with Crippen molar-refractivity contribution in [2.75, 3.05) is 13.1 Å². The van der Waals surface area contributed by atoms with Crippen molar-refractivity contribution in [2.45, 2.75) is 148 Å². The van der Waals surface area contributed by atoms with E-state index in [1.807, 2.05) is 0 Å². The van der Waals surface area contributed by atoms with E-state index in [-0.39, 0.29) is 35.2 Å². The molecule has 6 nitrogen and oxygen atoms in total. The Hall–Kier alpha value is -1.14. The predicted molar refractivity (Wildman–Crippen MR) is 135 cm³/mol. The first-order valence-corrected chi connectivity index (χ1v) is 13.5. The van der Waals surface area contributed by atoms with E-state index in [9.17, 15) is 9.59 Å². The maximum absolute atomic E-state index is 12.3. The van der Waals surface area contributed by atoms with Crippen LogP contribution in [0.1, 0.15) is 125 Å². The summed E-state index contributed by atoms with van der Waals surface area (Å²) in [7, 11) is 0. The standard InChI is InChI=1S/C27H52N2O4/c1-7-15-22(20-26(3,4)28-8-2)32-24(30)16-13-11-9-10-12-14-17-25(31)33-23-18-19-29-27(5,6)21-23/h22-23,28-29H,7-21H2,1-6H3. The summed E-state index contributed by atoms with van der Waals surface area (Å²) in [5.41, 5.74) is 0.0286. The van der Waals surface area contributed by atoms with Crippen LogP contribution in [0, 0.1) is 0 Å². The Morgan fingerprint density at radius 2 is 1.64 bits per heavy atom. The zero-order valence-electron chi connectivity index (χ0n) is 22.4. The molecule has 0 aliphatic carbocycles. The first-order chi connectivity index (χ1) is 15.6. The Morgan fingerprint density at radius 1 is 1.03 bits per heavy atom. The molecule has 0 spiro atoms. The SMILES string of the molecule is CCCC(CC(C)(C)NCC)OC(=O)CCCCCCCCC(=O)OC1CCNC(C)(C)C1. The third-order valence-corrected chi connectivity index (χ3v) is 6.42. The van der Waals surface area contributed by atoms with Crippen molar-refractivity contribution in [3.8, 4) is 0 Å². The van der Waals surface area contributed by atoms with Crippen LogP contribution in [-0.4, -0.2) is 48.3 Å². The Labute approximate surface area is 203 Å². The topological polar surface area (TPSA) is 76.7 Å². The summed E-state index contributed by atoms with van der Waals surface area (Å²) in [6.07, 6.45) is 11.6. The second-order valence-electron chi connectivity index (χ2n) is 11.1. The van der Waals surface area contributed by atoms with Gasteiger partial charge in [-0.1, -0.05) is 46.0 Å². The number of carbonyl (C=O) groups is 2. The fourth-order valence-electron chi connectivity index (χ4n) is 4.80. The van der Waals surface area contributed by atoms with Gasteiger partial charge in [0.05, 0.1) is 0 Å². The van der Waals surface area contributed by atoms with Gasteiger partial charge in [0, 0.05) is 36.8 Å². The molecule has 6 heteroatoms. The van der Waals surface area contributed by atoms with Crippen LogP contribution in [0.15, 0.2) is 0 Å². The highest BCUT2D eigenvalue weighted by molar-refractivity contribution is 5.69. The van der Waals surface area contributed by atoms with Gasteiger partial charge in [-0.05, 0) is 66.5 Å². The van der Waals surface area contributed by atoms with E-state index >= 15 is 0 Å². The lowest BCUT2D eigenvalue weighted by Crippen LogP contribution is -2.49. The highest BCUT2D eigenvalue weighted by Gasteiger charge is 2.29. The van der Waals surface area contributed by atoms with Gasteiger partial charge in [-0.2, -0.15) is 0 Å². The molecule has 1 heterocycles. The molecule has 1 saturated heterocycles. The average Bonchev–Trinajstić information content (AvgIpc) is 2.69. The van der Waals surface area contributed by atoms with Crippen molar-refractivity contribution < 1.29 is 19.1 Å². The number of hydrogen-bond acceptors (Lipinski definition) is 6. The van der Waals surface area contributed by atoms with Crippen molar-refractivity contribution in [2.24, 2.45) is 0 Å². The van der Waals surface area contributed by atoms with E-state index in [1.54, 1.807) is 0 Å². The molecule has 0 aromatic rings. The molecule has 1 fully saturated rings. The largest absolute Gasteiger partial charge is 0.462 e. The van der Waals surface area contributed by atoms with Gasteiger partial charge in [0.25, 0.3) is 0 Å². The molecule has 194 valence electrons. The summed E-state index contributed by atoms with van der Waals surface area (Å²) < 4.78 is 11.4. The molecule has 0 radical (unpaired) electrons. The molecule has 2 unspecified atom stereocenters. The lowest BCUT2D eigenvalue weighted by molar-refractivity contribution is -0.152. The third-order valence-electron chi connectivity index (χ3n) is 6.42. The highest BCUT2D eigenvalue weighted by atomic mass is 16.5. The lowest BCUT2D eigenvalue weighted by atomic mass is 9.91. The second kappa shape index (κ2) is 15.7. The molecule has 0 aromatic heterocycles. The number of piperidine rings is 1. The van der Waals surface area contributed by atoms with Crippen LogP contribution in [0.5, 0.6) is 0 Å². The van der Waals surface area contributed by atoms with Crippen LogP contribution in [0.2, 0.25) is 0 Å². The Balaban J connectivity index is 2.08. The first-order valence-electron chi connectivity index (χ1n) is 13.5. The lowest BCUT2D eigenvalue weighted by Gasteiger charge is -2.36. The van der Waals surface area contributed by atoms with Crippen LogP contribution < -0.4 is 10.6 Å². The van der Waals surface area contributed by atoms with E-state index in [2.05, 4.69) is 52.2 Å². The number of unbranched alkanes of at least 4 members (excludes halogenated alkanes) is 5. The zero-order valence-corrected chi connectivity index (χ0v) is 22.4. The van der Waals surface area contributed by atoms with Gasteiger partial charge in [-0.25, -0.2) is 0 Å². The minimum atomic E-state index is -0.0652. The maximum Gasteiger partial charge on any atom is 0.306 e. The Bertz CT molecular complexity index is 562. The number of hydrogen-bond donors (Lipinski definition) is 2. The Kier molecular flexibility index (Phi) is 14.2. The van der Waals surface area contributed by atoms with E-state index in [0.717, 1.165) is 83.7 Å². The number of ether oxygens (including phenoxy) is 2. The summed E-state index contributed by atoms with van der Waals surface area (Å²) in [4.78, 5) is 24.4. The molecular formula is C27H52N2O4. The van der Waals surface area contributed by atoms with Crippen molar-refractivity contribution in [3.63, 3.8) is 0 Å². The van der Waals surface area contributed by atoms with Gasteiger partial charge in [0.1, 0.15) is 12.2 Å². The predicted octanol–water partition coefficient (Wildman–Crippen LogP) is 5.67. The summed E-state index contributed by atoms with van der Waals surface area (Å²) in [6.45, 7) is 14.7. The molecular weight excluding hydrogens is 416 g/mol. The minimum Gasteiger partial charge on any atom is -0.462 e. The molecule has 1 aliphatic heterocycles. The van der Waals surface area contributed by atoms with Gasteiger partial charge in [-0.15, -0.1) is 0 Å². The molecule has 2 N–H and O–H groups in total. The van der Waals surface area contributed by atoms with E-state index in [0.29, 0.717) is 12.8 Å². The van der Waals surface area contributed by atoms with Crippen molar-refractivity contribution in [1.82, 2.24) is 10.6 Å². The average molecular weight is 469 g/mol. The van der Waals surface area contributed by atoms with Crippen LogP contribution in [0.4, 0.5) is 0 Å². The van der Waals surface area contributed by atoms with E-state index in [1.165, 1.54) is 0 Å². The van der Waals surface area contributed by atoms with Crippen molar-refractivity contribution >= 4 is 11.9 Å². The van der Waals surface area contributed by atoms with E-state index in [4.69, 9.17) is 9.47 Å². The molecule has 0 saturated carbocycles. The molecule has 0 bridgehead atoms. The van der Waals surface area contributed by atoms with Crippen LogP contribution >= 0.6 is 0 Å². The molecule has 1 aliphatic rings. The second-order valence-corrected chi connectivity index (χ2v) is 11.1. The fourth-order valence-corrected chi connectivity index (χ4v) is 4.80. The summed E-state index contributed by atoms with van der Waals surface area (Å²) >= 11 is 0. The van der Waals surface area contributed by atoms with Crippen molar-refractivity contribution in [1.29, 1.82) is 0 Å². The van der Waals surface area contributed by atoms with Crippen molar-refractivity contribution in [3.05, 3.63) is 0 Å². The Morgan fingerprint density at radius 3 is 2.21 bits per heavy atom. The summed E-state index contributed by atoms with van der Waals surface area (Å²) in [6, 6.07) is 0. The first kappa shape index (κ1) is 29.9. The normalized spacial score (nSPS) is 19.2. The monoisotopic (exact) mass is 468 g/mol. The van der Waals surface area contributed by atoms with Crippen LogP contribution in [0.25, 0.3) is 0 Å². The van der Waals surface area contributed by atoms with Gasteiger partial charge < -0.3 is 20.1 Å². The fraction of sp³-hybridized carbons (Fsp3) is 0.926. The molecule has 0 aromatic carbocycles. The molecule has 1 rings (SSSR count). The molecule has 2 atom stereocenters. The van der Waals surface area contributed by atoms with Gasteiger partial charge >= 0.3 is 11.9 Å². The van der Waals surface area contributed by atoms with Gasteiger partial charge in [0.2, 0.25) is 0 Å². The smallest absolute Gasteiger partial charge is 0.306 e. The van der Waals surface area contributed by atoms with Crippen LogP contribution in [-0.2, 0) is 19.1 Å². The van der Waals surface area contributed by atoms with Gasteiger partial charge in [-0.3, -0.25) is 9.59 Å².